The van der Waals surface area contributed by atoms with Gasteiger partial charge in [-0.2, -0.15) is 0 Å². The highest BCUT2D eigenvalue weighted by molar-refractivity contribution is 5.82. The third kappa shape index (κ3) is 2.63. The average Bonchev–Trinajstić information content (AvgIpc) is 3.11. The fraction of sp³-hybridized carbons (Fsp3) is 0.294. The summed E-state index contributed by atoms with van der Waals surface area (Å²) in [6.07, 6.45) is 3.54. The Balaban J connectivity index is 1.67. The van der Waals surface area contributed by atoms with Gasteiger partial charge in [0.05, 0.1) is 6.26 Å². The predicted octanol–water partition coefficient (Wildman–Crippen LogP) is 3.92. The number of hydrogen-bond donors (Lipinski definition) is 1. The van der Waals surface area contributed by atoms with E-state index in [0.717, 1.165) is 43.0 Å². The van der Waals surface area contributed by atoms with E-state index in [0.29, 0.717) is 0 Å². The van der Waals surface area contributed by atoms with Gasteiger partial charge >= 0.3 is 0 Å². The van der Waals surface area contributed by atoms with Crippen LogP contribution in [0.5, 0.6) is 0 Å². The van der Waals surface area contributed by atoms with Gasteiger partial charge in [-0.1, -0.05) is 25.1 Å². The predicted molar refractivity (Wildman–Crippen MR) is 79.7 cm³/mol. The molecule has 3 rings (SSSR count). The lowest BCUT2D eigenvalue weighted by Gasteiger charge is -2.04. The van der Waals surface area contributed by atoms with Gasteiger partial charge in [-0.25, -0.2) is 0 Å². The molecule has 2 heterocycles. The van der Waals surface area contributed by atoms with Crippen LogP contribution in [0.15, 0.2) is 51.5 Å². The molecule has 20 heavy (non-hydrogen) atoms. The van der Waals surface area contributed by atoms with Crippen LogP contribution in [0.2, 0.25) is 0 Å². The fourth-order valence-electron chi connectivity index (χ4n) is 2.51. The Kier molecular flexibility index (Phi) is 3.88. The molecule has 0 aliphatic carbocycles. The molecule has 0 spiro atoms. The summed E-state index contributed by atoms with van der Waals surface area (Å²) in [6.45, 7) is 3.86. The zero-order valence-corrected chi connectivity index (χ0v) is 11.7. The minimum atomic E-state index is 0.834. The normalized spacial score (nSPS) is 11.2. The third-order valence-corrected chi connectivity index (χ3v) is 3.53. The van der Waals surface area contributed by atoms with Gasteiger partial charge in [0.25, 0.3) is 0 Å². The molecule has 0 saturated heterocycles. The molecule has 0 fully saturated rings. The summed E-state index contributed by atoms with van der Waals surface area (Å²) in [6, 6.07) is 12.2. The first-order valence-electron chi connectivity index (χ1n) is 7.11. The summed E-state index contributed by atoms with van der Waals surface area (Å²) in [4.78, 5) is 0. The molecule has 104 valence electrons. The monoisotopic (exact) mass is 269 g/mol. The van der Waals surface area contributed by atoms with E-state index >= 15 is 0 Å². The lowest BCUT2D eigenvalue weighted by molar-refractivity contribution is 0.497. The van der Waals surface area contributed by atoms with Crippen molar-refractivity contribution in [2.45, 2.75) is 26.3 Å². The molecule has 3 nitrogen and oxygen atoms in total. The zero-order valence-electron chi connectivity index (χ0n) is 11.7. The molecule has 0 amide bonds. The molecule has 0 aliphatic heterocycles. The van der Waals surface area contributed by atoms with E-state index in [1.165, 1.54) is 10.9 Å². The van der Waals surface area contributed by atoms with Gasteiger partial charge < -0.3 is 14.2 Å². The minimum Gasteiger partial charge on any atom is -0.469 e. The zero-order chi connectivity index (χ0) is 13.8. The van der Waals surface area contributed by atoms with Crippen LogP contribution < -0.4 is 5.32 Å². The van der Waals surface area contributed by atoms with Gasteiger partial charge in [0.1, 0.15) is 17.1 Å². The molecule has 2 aromatic heterocycles. The molecule has 0 radical (unpaired) electrons. The van der Waals surface area contributed by atoms with Crippen molar-refractivity contribution in [3.05, 3.63) is 59.7 Å². The van der Waals surface area contributed by atoms with Crippen LogP contribution in [-0.4, -0.2) is 6.54 Å². The van der Waals surface area contributed by atoms with E-state index in [-0.39, 0.29) is 0 Å². The van der Waals surface area contributed by atoms with Gasteiger partial charge in [-0.3, -0.25) is 0 Å². The molecular formula is C17H19NO2. The smallest absolute Gasteiger partial charge is 0.134 e. The molecule has 0 bridgehead atoms. The van der Waals surface area contributed by atoms with Crippen LogP contribution in [0.3, 0.4) is 0 Å². The van der Waals surface area contributed by atoms with Crippen molar-refractivity contribution >= 4 is 11.0 Å². The fourth-order valence-corrected chi connectivity index (χ4v) is 2.51. The van der Waals surface area contributed by atoms with Gasteiger partial charge in [0.2, 0.25) is 0 Å². The van der Waals surface area contributed by atoms with Crippen LogP contribution in [-0.2, 0) is 19.4 Å². The van der Waals surface area contributed by atoms with Gasteiger partial charge in [0.15, 0.2) is 0 Å². The summed E-state index contributed by atoms with van der Waals surface area (Å²) >= 11 is 0. The Morgan fingerprint density at radius 3 is 2.80 bits per heavy atom. The first-order chi connectivity index (χ1) is 9.88. The lowest BCUT2D eigenvalue weighted by atomic mass is 10.1. The molecule has 3 heteroatoms. The molecule has 1 N–H and O–H groups in total. The van der Waals surface area contributed by atoms with Crippen LogP contribution in [0, 0.1) is 0 Å². The summed E-state index contributed by atoms with van der Waals surface area (Å²) in [7, 11) is 0. The number of hydrogen-bond acceptors (Lipinski definition) is 3. The number of nitrogens with one attached hydrogen (secondary N) is 1. The van der Waals surface area contributed by atoms with E-state index in [9.17, 15) is 0 Å². The van der Waals surface area contributed by atoms with Crippen LogP contribution >= 0.6 is 0 Å². The molecule has 0 unspecified atom stereocenters. The maximum atomic E-state index is 5.89. The second-order valence-corrected chi connectivity index (χ2v) is 4.86. The maximum Gasteiger partial charge on any atom is 0.134 e. The summed E-state index contributed by atoms with van der Waals surface area (Å²) < 4.78 is 11.2. The third-order valence-electron chi connectivity index (χ3n) is 3.53. The Morgan fingerprint density at radius 2 is 2.00 bits per heavy atom. The minimum absolute atomic E-state index is 0.834. The Labute approximate surface area is 118 Å². The van der Waals surface area contributed by atoms with Crippen molar-refractivity contribution in [3.8, 4) is 0 Å². The van der Waals surface area contributed by atoms with E-state index in [1.54, 1.807) is 6.26 Å². The topological polar surface area (TPSA) is 38.3 Å². The lowest BCUT2D eigenvalue weighted by Crippen LogP contribution is -2.17. The van der Waals surface area contributed by atoms with E-state index in [2.05, 4.69) is 24.4 Å². The van der Waals surface area contributed by atoms with Crippen molar-refractivity contribution in [1.82, 2.24) is 5.32 Å². The van der Waals surface area contributed by atoms with E-state index in [1.807, 2.05) is 24.3 Å². The van der Waals surface area contributed by atoms with Crippen molar-refractivity contribution in [2.24, 2.45) is 0 Å². The summed E-state index contributed by atoms with van der Waals surface area (Å²) in [5.41, 5.74) is 2.26. The van der Waals surface area contributed by atoms with Crippen LogP contribution in [0.4, 0.5) is 0 Å². The molecular weight excluding hydrogens is 250 g/mol. The number of furan rings is 2. The highest BCUT2D eigenvalue weighted by Crippen LogP contribution is 2.26. The maximum absolute atomic E-state index is 5.89. The summed E-state index contributed by atoms with van der Waals surface area (Å²) in [5, 5.41) is 4.69. The van der Waals surface area contributed by atoms with Gasteiger partial charge in [0, 0.05) is 36.9 Å². The van der Waals surface area contributed by atoms with E-state index < -0.39 is 0 Å². The number of benzene rings is 1. The molecule has 0 aliphatic rings. The average molecular weight is 269 g/mol. The second kappa shape index (κ2) is 5.97. The Bertz CT molecular complexity index is 667. The highest BCUT2D eigenvalue weighted by atomic mass is 16.3. The molecule has 1 aromatic carbocycles. The number of fused-ring (bicyclic) bond motifs is 1. The Morgan fingerprint density at radius 1 is 1.10 bits per heavy atom. The largest absolute Gasteiger partial charge is 0.469 e. The summed E-state index contributed by atoms with van der Waals surface area (Å²) in [5.74, 6) is 2.10. The SMILES string of the molecule is CCc1oc2ccccc2c1CNCCc1ccco1. The van der Waals surface area contributed by atoms with E-state index in [4.69, 9.17) is 8.83 Å². The number of rotatable bonds is 6. The van der Waals surface area contributed by atoms with Crippen LogP contribution in [0.1, 0.15) is 24.0 Å². The molecule has 0 saturated carbocycles. The first kappa shape index (κ1) is 13.0. The number of aryl methyl sites for hydroxylation is 1. The van der Waals surface area contributed by atoms with Gasteiger partial charge in [-0.15, -0.1) is 0 Å². The Hall–Kier alpha value is -2.00. The quantitative estimate of drug-likeness (QED) is 0.689. The van der Waals surface area contributed by atoms with Crippen molar-refractivity contribution < 1.29 is 8.83 Å². The van der Waals surface area contributed by atoms with Crippen molar-refractivity contribution in [2.75, 3.05) is 6.54 Å². The molecule has 0 atom stereocenters. The van der Waals surface area contributed by atoms with Crippen molar-refractivity contribution in [1.29, 1.82) is 0 Å². The van der Waals surface area contributed by atoms with Crippen LogP contribution in [0.25, 0.3) is 11.0 Å². The standard InChI is InChI=1S/C17H19NO2/c1-2-16-15(14-7-3-4-8-17(14)20-16)12-18-10-9-13-6-5-11-19-13/h3-8,11,18H,2,9-10,12H2,1H3. The van der Waals surface area contributed by atoms with Gasteiger partial charge in [-0.05, 0) is 18.2 Å². The first-order valence-corrected chi connectivity index (χ1v) is 7.11. The number of para-hydroxylation sites is 1. The highest BCUT2D eigenvalue weighted by Gasteiger charge is 2.11. The van der Waals surface area contributed by atoms with Crippen molar-refractivity contribution in [3.63, 3.8) is 0 Å². The second-order valence-electron chi connectivity index (χ2n) is 4.86. The molecule has 3 aromatic rings.